The number of thiocarbonyl (C=S) groups is 1. The molecule has 1 aromatic carbocycles. The molecule has 1 aromatic rings. The van der Waals surface area contributed by atoms with Crippen LogP contribution in [-0.4, -0.2) is 23.6 Å². The molecule has 0 radical (unpaired) electrons. The monoisotopic (exact) mass is 333 g/mol. The molecule has 23 heavy (non-hydrogen) atoms. The van der Waals surface area contributed by atoms with E-state index in [0.29, 0.717) is 28.7 Å². The van der Waals surface area contributed by atoms with Gasteiger partial charge in [0.05, 0.1) is 18.2 Å². The molecule has 122 valence electrons. The number of allylic oxidation sites excluding steroid dienone is 1. The van der Waals surface area contributed by atoms with Crippen molar-refractivity contribution in [3.63, 3.8) is 0 Å². The SMILES string of the molecule is CCOC(=O)C1=C(C)NC(=S)NC1c1ccc(NC(C)=O)cc1. The van der Waals surface area contributed by atoms with Crippen LogP contribution in [0.5, 0.6) is 0 Å². The standard InChI is InChI=1S/C16H19N3O3S/c1-4-22-15(21)13-9(2)17-16(23)19-14(13)11-5-7-12(8-6-11)18-10(3)20/h5-8,14H,4H2,1-3H3,(H,18,20)(H2,17,19,23). The van der Waals surface area contributed by atoms with Gasteiger partial charge in [-0.1, -0.05) is 12.1 Å². The van der Waals surface area contributed by atoms with Crippen molar-refractivity contribution >= 4 is 34.9 Å². The maximum absolute atomic E-state index is 12.3. The van der Waals surface area contributed by atoms with Gasteiger partial charge in [0.15, 0.2) is 5.11 Å². The van der Waals surface area contributed by atoms with E-state index in [1.165, 1.54) is 6.92 Å². The highest BCUT2D eigenvalue weighted by molar-refractivity contribution is 7.80. The highest BCUT2D eigenvalue weighted by Crippen LogP contribution is 2.28. The van der Waals surface area contributed by atoms with Crippen molar-refractivity contribution in [3.8, 4) is 0 Å². The van der Waals surface area contributed by atoms with Gasteiger partial charge in [-0.15, -0.1) is 0 Å². The van der Waals surface area contributed by atoms with Crippen molar-refractivity contribution in [2.45, 2.75) is 26.8 Å². The summed E-state index contributed by atoms with van der Waals surface area (Å²) in [5, 5.41) is 9.19. The van der Waals surface area contributed by atoms with E-state index in [-0.39, 0.29) is 11.9 Å². The molecular formula is C16H19N3O3S. The van der Waals surface area contributed by atoms with Gasteiger partial charge < -0.3 is 20.7 Å². The Balaban J connectivity index is 2.34. The fourth-order valence-corrected chi connectivity index (χ4v) is 2.66. The number of benzene rings is 1. The second-order valence-corrected chi connectivity index (χ2v) is 5.50. The van der Waals surface area contributed by atoms with E-state index in [0.717, 1.165) is 5.56 Å². The lowest BCUT2D eigenvalue weighted by Crippen LogP contribution is -2.45. The zero-order valence-corrected chi connectivity index (χ0v) is 14.0. The molecule has 0 saturated heterocycles. The molecule has 6 nitrogen and oxygen atoms in total. The van der Waals surface area contributed by atoms with Crippen LogP contribution in [0.25, 0.3) is 0 Å². The van der Waals surface area contributed by atoms with E-state index in [9.17, 15) is 9.59 Å². The van der Waals surface area contributed by atoms with Crippen LogP contribution >= 0.6 is 12.2 Å². The third-order valence-corrected chi connectivity index (χ3v) is 3.55. The largest absolute Gasteiger partial charge is 0.463 e. The number of ether oxygens (including phenoxy) is 1. The Bertz CT molecular complexity index is 668. The minimum absolute atomic E-state index is 0.137. The fraction of sp³-hybridized carbons (Fsp3) is 0.312. The highest BCUT2D eigenvalue weighted by Gasteiger charge is 2.30. The second-order valence-electron chi connectivity index (χ2n) is 5.09. The minimum Gasteiger partial charge on any atom is -0.463 e. The zero-order valence-electron chi connectivity index (χ0n) is 13.2. The van der Waals surface area contributed by atoms with Gasteiger partial charge in [0, 0.05) is 18.3 Å². The summed E-state index contributed by atoms with van der Waals surface area (Å²) < 4.78 is 5.14. The number of rotatable bonds is 4. The molecule has 1 heterocycles. The molecule has 0 saturated carbocycles. The van der Waals surface area contributed by atoms with Crippen LogP contribution < -0.4 is 16.0 Å². The smallest absolute Gasteiger partial charge is 0.338 e. The molecule has 3 N–H and O–H groups in total. The highest BCUT2D eigenvalue weighted by atomic mass is 32.1. The van der Waals surface area contributed by atoms with Crippen molar-refractivity contribution in [1.29, 1.82) is 0 Å². The Morgan fingerprint density at radius 3 is 2.52 bits per heavy atom. The summed E-state index contributed by atoms with van der Waals surface area (Å²) in [5.41, 5.74) is 2.71. The number of esters is 1. The van der Waals surface area contributed by atoms with Crippen LogP contribution in [0.4, 0.5) is 5.69 Å². The maximum Gasteiger partial charge on any atom is 0.338 e. The molecule has 0 fully saturated rings. The van der Waals surface area contributed by atoms with E-state index in [1.54, 1.807) is 26.0 Å². The quantitative estimate of drug-likeness (QED) is 0.578. The number of carbonyl (C=O) groups is 2. The first-order valence-corrected chi connectivity index (χ1v) is 7.66. The number of anilines is 1. The molecule has 0 bridgehead atoms. The molecule has 1 amide bonds. The minimum atomic E-state index is -0.394. The van der Waals surface area contributed by atoms with Crippen LogP contribution in [0, 0.1) is 0 Å². The molecule has 1 aliphatic heterocycles. The number of carbonyl (C=O) groups excluding carboxylic acids is 2. The maximum atomic E-state index is 12.3. The van der Waals surface area contributed by atoms with Gasteiger partial charge in [-0.3, -0.25) is 4.79 Å². The molecule has 2 rings (SSSR count). The number of nitrogens with one attached hydrogen (secondary N) is 3. The summed E-state index contributed by atoms with van der Waals surface area (Å²) in [7, 11) is 0. The third-order valence-electron chi connectivity index (χ3n) is 3.33. The van der Waals surface area contributed by atoms with Crippen molar-refractivity contribution in [1.82, 2.24) is 10.6 Å². The van der Waals surface area contributed by atoms with Crippen LogP contribution in [0.1, 0.15) is 32.4 Å². The molecule has 0 aromatic heterocycles. The summed E-state index contributed by atoms with van der Waals surface area (Å²) in [6.07, 6.45) is 0. The summed E-state index contributed by atoms with van der Waals surface area (Å²) in [4.78, 5) is 23.3. The van der Waals surface area contributed by atoms with E-state index in [4.69, 9.17) is 17.0 Å². The van der Waals surface area contributed by atoms with E-state index < -0.39 is 6.04 Å². The molecule has 7 heteroatoms. The summed E-state index contributed by atoms with van der Waals surface area (Å²) in [5.74, 6) is -0.523. The van der Waals surface area contributed by atoms with Crippen LogP contribution in [0.3, 0.4) is 0 Å². The van der Waals surface area contributed by atoms with E-state index in [1.807, 2.05) is 12.1 Å². The van der Waals surface area contributed by atoms with Gasteiger partial charge in [0.25, 0.3) is 0 Å². The van der Waals surface area contributed by atoms with Gasteiger partial charge in [0.1, 0.15) is 0 Å². The summed E-state index contributed by atoms with van der Waals surface area (Å²) >= 11 is 5.18. The lowest BCUT2D eigenvalue weighted by atomic mass is 9.95. The predicted octanol–water partition coefficient (Wildman–Crippen LogP) is 2.00. The van der Waals surface area contributed by atoms with Crippen molar-refractivity contribution in [2.75, 3.05) is 11.9 Å². The Morgan fingerprint density at radius 1 is 1.30 bits per heavy atom. The summed E-state index contributed by atoms with van der Waals surface area (Å²) in [6.45, 7) is 5.30. The lowest BCUT2D eigenvalue weighted by molar-refractivity contribution is -0.139. The lowest BCUT2D eigenvalue weighted by Gasteiger charge is -2.29. The molecule has 1 atom stereocenters. The van der Waals surface area contributed by atoms with Crippen molar-refractivity contribution in [3.05, 3.63) is 41.1 Å². The fourth-order valence-electron chi connectivity index (χ4n) is 2.39. The Morgan fingerprint density at radius 2 is 1.96 bits per heavy atom. The first-order valence-electron chi connectivity index (χ1n) is 7.25. The average Bonchev–Trinajstić information content (AvgIpc) is 2.46. The topological polar surface area (TPSA) is 79.5 Å². The van der Waals surface area contributed by atoms with Gasteiger partial charge in [-0.05, 0) is 43.8 Å². The number of amides is 1. The van der Waals surface area contributed by atoms with Gasteiger partial charge >= 0.3 is 5.97 Å². The number of hydrogen-bond acceptors (Lipinski definition) is 4. The summed E-state index contributed by atoms with van der Waals surface area (Å²) in [6, 6.07) is 6.84. The Labute approximate surface area is 140 Å². The van der Waals surface area contributed by atoms with Gasteiger partial charge in [-0.2, -0.15) is 0 Å². The van der Waals surface area contributed by atoms with Crippen LogP contribution in [-0.2, 0) is 14.3 Å². The Hall–Kier alpha value is -2.41. The van der Waals surface area contributed by atoms with Gasteiger partial charge in [0.2, 0.25) is 5.91 Å². The first kappa shape index (κ1) is 17.0. The van der Waals surface area contributed by atoms with Gasteiger partial charge in [-0.25, -0.2) is 4.79 Å². The predicted molar refractivity (Wildman–Crippen MR) is 91.7 cm³/mol. The molecular weight excluding hydrogens is 314 g/mol. The van der Waals surface area contributed by atoms with E-state index >= 15 is 0 Å². The molecule has 1 aliphatic rings. The second kappa shape index (κ2) is 7.23. The van der Waals surface area contributed by atoms with E-state index in [2.05, 4.69) is 16.0 Å². The molecule has 0 aliphatic carbocycles. The van der Waals surface area contributed by atoms with Crippen molar-refractivity contribution < 1.29 is 14.3 Å². The van der Waals surface area contributed by atoms with Crippen molar-refractivity contribution in [2.24, 2.45) is 0 Å². The molecule has 0 spiro atoms. The van der Waals surface area contributed by atoms with Crippen LogP contribution in [0.15, 0.2) is 35.5 Å². The molecule has 1 unspecified atom stereocenters. The average molecular weight is 333 g/mol. The Kier molecular flexibility index (Phi) is 5.33. The van der Waals surface area contributed by atoms with Crippen LogP contribution in [0.2, 0.25) is 0 Å². The zero-order chi connectivity index (χ0) is 17.0. The normalized spacial score (nSPS) is 17.2. The number of hydrogen-bond donors (Lipinski definition) is 3. The third kappa shape index (κ3) is 4.07. The first-order chi connectivity index (χ1) is 10.9.